The first-order chi connectivity index (χ1) is 31.3. The van der Waals surface area contributed by atoms with Gasteiger partial charge in [-0.25, -0.2) is 0 Å². The molecule has 7 rings (SSSR count). The van der Waals surface area contributed by atoms with E-state index in [0.717, 1.165) is 13.0 Å². The van der Waals surface area contributed by atoms with Gasteiger partial charge in [0.1, 0.15) is 23.4 Å². The molecule has 0 radical (unpaired) electrons. The number of benzene rings is 3. The Morgan fingerprint density at radius 3 is 2.26 bits per heavy atom. The quantitative estimate of drug-likeness (QED) is 0.0699. The Morgan fingerprint density at radius 1 is 0.924 bits per heavy atom. The molecule has 6 N–H and O–H groups in total. The molecule has 5 bridgehead atoms. The molecule has 16 heteroatoms. The second-order valence-corrected chi connectivity index (χ2v) is 17.9. The molecule has 4 heterocycles. The zero-order chi connectivity index (χ0) is 48.2. The smallest absolute Gasteiger partial charge is 0.312 e. The van der Waals surface area contributed by atoms with Crippen molar-refractivity contribution >= 4 is 40.3 Å². The molecule has 9 unspecified atom stereocenters. The van der Waals surface area contributed by atoms with Gasteiger partial charge in [0.05, 0.1) is 53.0 Å². The normalized spacial score (nSPS) is 28.1. The minimum Gasteiger partial charge on any atom is -0.507 e. The number of ketones is 1. The van der Waals surface area contributed by atoms with Crippen molar-refractivity contribution in [1.29, 1.82) is 0 Å². The van der Waals surface area contributed by atoms with Crippen LogP contribution in [0.5, 0.6) is 23.0 Å². The summed E-state index contributed by atoms with van der Waals surface area (Å²) in [4.78, 5) is 43.2. The van der Waals surface area contributed by atoms with Crippen molar-refractivity contribution < 1.29 is 58.9 Å². The first-order valence-corrected chi connectivity index (χ1v) is 22.4. The zero-order valence-corrected chi connectivity index (χ0v) is 39.1. The number of phenols is 3. The van der Waals surface area contributed by atoms with Gasteiger partial charge in [0.25, 0.3) is 11.7 Å². The monoisotopic (exact) mass is 912 g/mol. The minimum atomic E-state index is -2.06. The average molecular weight is 913 g/mol. The van der Waals surface area contributed by atoms with Gasteiger partial charge < -0.3 is 49.8 Å². The van der Waals surface area contributed by atoms with E-state index in [1.807, 2.05) is 23.2 Å². The number of hydrogen-bond donors (Lipinski definition) is 6. The first-order valence-electron chi connectivity index (χ1n) is 22.4. The van der Waals surface area contributed by atoms with Crippen LogP contribution in [-0.2, 0) is 30.2 Å². The molecule has 3 aromatic rings. The molecule has 1 saturated heterocycles. The Kier molecular flexibility index (Phi) is 15.5. The Morgan fingerprint density at radius 2 is 1.61 bits per heavy atom. The highest BCUT2D eigenvalue weighted by Crippen LogP contribution is 2.55. The SMILES string of the molecule is COC1C=COC2(C)Oc3c(C)c(O)c4c(O)c(c(/C=N/N5CCN(CCc6ccccc6)CC5)c(O)c4c3C2=O)NC(=O)C(C)=CC=CC(C)C(O)C(C)C(O)C(C)C(OC(C)=O)C1C. The van der Waals surface area contributed by atoms with Crippen molar-refractivity contribution in [2.24, 2.45) is 28.8 Å². The average Bonchev–Trinajstić information content (AvgIpc) is 3.56. The number of amides is 1. The van der Waals surface area contributed by atoms with E-state index in [2.05, 4.69) is 27.5 Å². The van der Waals surface area contributed by atoms with Crippen LogP contribution in [0.15, 0.2) is 71.6 Å². The topological polar surface area (TPSA) is 220 Å². The van der Waals surface area contributed by atoms with Crippen LogP contribution in [0.1, 0.15) is 75.5 Å². The number of esters is 1. The van der Waals surface area contributed by atoms with Crippen molar-refractivity contribution in [3.63, 3.8) is 0 Å². The number of fused-ring (bicyclic) bond motifs is 14. The van der Waals surface area contributed by atoms with Gasteiger partial charge in [0, 0.05) is 93.9 Å². The number of carbonyl (C=O) groups is 3. The molecule has 0 aliphatic carbocycles. The predicted molar refractivity (Wildman–Crippen MR) is 250 cm³/mol. The van der Waals surface area contributed by atoms with E-state index in [9.17, 15) is 39.9 Å². The molecule has 16 nitrogen and oxygen atoms in total. The lowest BCUT2D eigenvalue weighted by atomic mass is 9.78. The van der Waals surface area contributed by atoms with Crippen LogP contribution < -0.4 is 10.1 Å². The second kappa shape index (κ2) is 20.7. The number of aliphatic hydroxyl groups is 2. The van der Waals surface area contributed by atoms with E-state index in [1.54, 1.807) is 39.8 Å². The number of piperazine rings is 1. The molecule has 1 amide bonds. The molecule has 356 valence electrons. The number of rotatable bonds is 7. The third kappa shape index (κ3) is 10.2. The lowest BCUT2D eigenvalue weighted by molar-refractivity contribution is -0.160. The van der Waals surface area contributed by atoms with Gasteiger partial charge in [-0.2, -0.15) is 5.10 Å². The van der Waals surface area contributed by atoms with E-state index < -0.39 is 88.8 Å². The summed E-state index contributed by atoms with van der Waals surface area (Å²) in [5.74, 6) is -8.40. The number of ether oxygens (including phenoxy) is 4. The summed E-state index contributed by atoms with van der Waals surface area (Å²) in [6.07, 6.45) is 5.78. The molecule has 66 heavy (non-hydrogen) atoms. The summed E-state index contributed by atoms with van der Waals surface area (Å²) >= 11 is 0. The number of hydrogen-bond acceptors (Lipinski definition) is 15. The fourth-order valence-electron chi connectivity index (χ4n) is 9.02. The van der Waals surface area contributed by atoms with Crippen LogP contribution in [-0.4, -0.2) is 129 Å². The number of allylic oxidation sites excluding steroid dienone is 2. The number of nitrogens with zero attached hydrogens (tertiary/aromatic N) is 3. The van der Waals surface area contributed by atoms with Gasteiger partial charge in [0.15, 0.2) is 5.75 Å². The van der Waals surface area contributed by atoms with Gasteiger partial charge in [-0.1, -0.05) is 76.3 Å². The number of aliphatic hydroxyl groups excluding tert-OH is 2. The Hall–Kier alpha value is -5.94. The Bertz CT molecular complexity index is 2410. The number of Topliss-reactive ketones (excluding diaryl/α,β-unsaturated/α-hetero) is 1. The van der Waals surface area contributed by atoms with Crippen LogP contribution in [0.25, 0.3) is 10.8 Å². The molecule has 9 atom stereocenters. The fraction of sp³-hybridized carbons (Fsp3) is 0.480. The van der Waals surface area contributed by atoms with E-state index in [-0.39, 0.29) is 44.5 Å². The summed E-state index contributed by atoms with van der Waals surface area (Å²) in [6.45, 7) is 15.9. The molecule has 1 fully saturated rings. The summed E-state index contributed by atoms with van der Waals surface area (Å²) < 4.78 is 23.7. The van der Waals surface area contributed by atoms with Crippen molar-refractivity contribution in [1.82, 2.24) is 9.91 Å². The molecule has 3 aromatic carbocycles. The number of nitrogens with one attached hydrogen (secondary N) is 1. The number of aromatic hydroxyl groups is 3. The van der Waals surface area contributed by atoms with Crippen LogP contribution in [0.2, 0.25) is 0 Å². The van der Waals surface area contributed by atoms with Crippen LogP contribution in [0.4, 0.5) is 5.69 Å². The standard InChI is InChI=1S/C50H64N4O12/c1-27-14-13-15-28(2)49(62)52-40-35(26-51-54-23-21-53(22-24-54)20-18-34-16-11-10-12-17-34)44(59)37-38(45(40)60)43(58)32(6)47-39(37)48(61)50(8,66-47)64-25-19-36(63-9)29(3)46(65-33(7)55)31(5)42(57)30(4)41(27)56/h10-17,19,25-27,29-31,36,41-42,46,56-60H,18,20-24H2,1-9H3,(H,52,62)/b14-13?,25-19?,28-15?,51-26+. The van der Waals surface area contributed by atoms with Crippen molar-refractivity contribution in [2.75, 3.05) is 45.2 Å². The van der Waals surface area contributed by atoms with Crippen LogP contribution in [0, 0.1) is 30.6 Å². The maximum absolute atomic E-state index is 14.6. The molecular weight excluding hydrogens is 849 g/mol. The van der Waals surface area contributed by atoms with Crippen molar-refractivity contribution in [2.45, 2.75) is 92.0 Å². The maximum atomic E-state index is 14.6. The zero-order valence-electron chi connectivity index (χ0n) is 39.1. The summed E-state index contributed by atoms with van der Waals surface area (Å²) in [7, 11) is 1.44. The van der Waals surface area contributed by atoms with Gasteiger partial charge in [-0.05, 0) is 31.9 Å². The highest BCUT2D eigenvalue weighted by molar-refractivity contribution is 6.23. The van der Waals surface area contributed by atoms with Gasteiger partial charge in [-0.15, -0.1) is 0 Å². The molecule has 0 saturated carbocycles. The van der Waals surface area contributed by atoms with Crippen molar-refractivity contribution in [3.05, 3.63) is 88.7 Å². The summed E-state index contributed by atoms with van der Waals surface area (Å²) in [5.41, 5.74) is 0.883. The van der Waals surface area contributed by atoms with E-state index >= 15 is 0 Å². The van der Waals surface area contributed by atoms with Crippen molar-refractivity contribution in [3.8, 4) is 23.0 Å². The molecule has 4 aliphatic rings. The third-order valence-corrected chi connectivity index (χ3v) is 13.3. The van der Waals surface area contributed by atoms with E-state index in [1.165, 1.54) is 65.0 Å². The van der Waals surface area contributed by atoms with Gasteiger partial charge >= 0.3 is 11.8 Å². The number of methoxy groups -OCH3 is 1. The number of phenolic OH excluding ortho intramolecular Hbond substituents is 3. The summed E-state index contributed by atoms with van der Waals surface area (Å²) in [5, 5.41) is 67.6. The van der Waals surface area contributed by atoms with Crippen LogP contribution in [0.3, 0.4) is 0 Å². The van der Waals surface area contributed by atoms with E-state index in [4.69, 9.17) is 18.9 Å². The second-order valence-electron chi connectivity index (χ2n) is 17.9. The largest absolute Gasteiger partial charge is 0.507 e. The van der Waals surface area contributed by atoms with Gasteiger partial charge in [-0.3, -0.25) is 24.3 Å². The van der Waals surface area contributed by atoms with Gasteiger partial charge in [0.2, 0.25) is 0 Å². The van der Waals surface area contributed by atoms with Crippen LogP contribution >= 0.6 is 0 Å². The highest BCUT2D eigenvalue weighted by Gasteiger charge is 2.50. The number of anilines is 1. The van der Waals surface area contributed by atoms with E-state index in [0.29, 0.717) is 26.2 Å². The molecular formula is C50H64N4O12. The number of carbonyl (C=O) groups excluding carboxylic acids is 3. The lowest BCUT2D eigenvalue weighted by Crippen LogP contribution is -2.46. The lowest BCUT2D eigenvalue weighted by Gasteiger charge is -2.38. The number of hydrazone groups is 1. The predicted octanol–water partition coefficient (Wildman–Crippen LogP) is 5.95. The third-order valence-electron chi connectivity index (χ3n) is 13.3. The molecule has 4 aliphatic heterocycles. The maximum Gasteiger partial charge on any atom is 0.312 e. The highest BCUT2D eigenvalue weighted by atomic mass is 16.7. The minimum absolute atomic E-state index is 0.0538. The Labute approximate surface area is 385 Å². The summed E-state index contributed by atoms with van der Waals surface area (Å²) in [6, 6.07) is 10.2. The first kappa shape index (κ1) is 49.5. The molecule has 0 spiro atoms. The molecule has 0 aromatic heterocycles. The fourth-order valence-corrected chi connectivity index (χ4v) is 9.02. The Balaban J connectivity index is 1.43.